The summed E-state index contributed by atoms with van der Waals surface area (Å²) in [7, 11) is 0. The van der Waals surface area contributed by atoms with Crippen molar-refractivity contribution >= 4 is 56.5 Å². The summed E-state index contributed by atoms with van der Waals surface area (Å²) in [6.45, 7) is 8.76. The molecule has 2 N–H and O–H groups in total. The molecule has 2 aromatic heterocycles. The zero-order valence-electron chi connectivity index (χ0n) is 20.2. The van der Waals surface area contributed by atoms with Crippen LogP contribution in [0.4, 0.5) is 21.9 Å². The minimum absolute atomic E-state index is 0.176. The molecule has 0 spiro atoms. The van der Waals surface area contributed by atoms with Gasteiger partial charge in [0.25, 0.3) is 5.91 Å². The first kappa shape index (κ1) is 23.7. The van der Waals surface area contributed by atoms with Crippen LogP contribution in [0.15, 0.2) is 61.0 Å². The number of amides is 4. The molecule has 3 aromatic rings. The molecule has 0 fully saturated rings. The Labute approximate surface area is 213 Å². The van der Waals surface area contributed by atoms with Gasteiger partial charge in [0.1, 0.15) is 9.71 Å². The van der Waals surface area contributed by atoms with Crippen molar-refractivity contribution < 1.29 is 14.4 Å². The number of carbonyl (C=O) groups is 3. The number of anilines is 3. The minimum Gasteiger partial charge on any atom is -0.333 e. The second-order valence-electron chi connectivity index (χ2n) is 9.28. The fourth-order valence-corrected chi connectivity index (χ4v) is 5.62. The van der Waals surface area contributed by atoms with Crippen molar-refractivity contribution in [2.24, 2.45) is 5.92 Å². The Morgan fingerprint density at radius 2 is 2.03 bits per heavy atom. The number of benzene rings is 1. The van der Waals surface area contributed by atoms with E-state index in [1.54, 1.807) is 22.1 Å². The molecular formula is C27H27N5O3S. The van der Waals surface area contributed by atoms with Crippen LogP contribution >= 0.6 is 11.3 Å². The summed E-state index contributed by atoms with van der Waals surface area (Å²) in [5, 5.41) is 6.57. The van der Waals surface area contributed by atoms with E-state index in [0.717, 1.165) is 17.5 Å². The first-order valence-corrected chi connectivity index (χ1v) is 12.7. The maximum atomic E-state index is 13.3. The molecule has 2 aliphatic heterocycles. The number of hydrogen-bond acceptors (Lipinski definition) is 5. The van der Waals surface area contributed by atoms with Gasteiger partial charge in [-0.3, -0.25) is 14.5 Å². The van der Waals surface area contributed by atoms with Crippen LogP contribution < -0.4 is 15.5 Å². The highest BCUT2D eigenvalue weighted by atomic mass is 32.1. The zero-order valence-corrected chi connectivity index (χ0v) is 21.0. The summed E-state index contributed by atoms with van der Waals surface area (Å²) < 4.78 is 0. The van der Waals surface area contributed by atoms with Crippen LogP contribution in [0, 0.1) is 5.92 Å². The predicted molar refractivity (Wildman–Crippen MR) is 143 cm³/mol. The van der Waals surface area contributed by atoms with Crippen molar-refractivity contribution in [3.05, 3.63) is 71.4 Å². The van der Waals surface area contributed by atoms with Gasteiger partial charge >= 0.3 is 6.03 Å². The highest BCUT2D eigenvalue weighted by molar-refractivity contribution is 7.21. The normalized spacial score (nSPS) is 15.1. The number of nitrogens with one attached hydrogen (secondary N) is 2. The Kier molecular flexibility index (Phi) is 6.32. The van der Waals surface area contributed by atoms with Gasteiger partial charge in [-0.25, -0.2) is 9.78 Å². The molecule has 0 radical (unpaired) electrons. The number of carbonyl (C=O) groups excluding carboxylic acids is 3. The van der Waals surface area contributed by atoms with Crippen molar-refractivity contribution in [2.75, 3.05) is 23.3 Å². The minimum atomic E-state index is -0.343. The second-order valence-corrected chi connectivity index (χ2v) is 10.3. The molecule has 2 aliphatic rings. The van der Waals surface area contributed by atoms with Crippen LogP contribution in [0.25, 0.3) is 10.2 Å². The summed E-state index contributed by atoms with van der Waals surface area (Å²) >= 11 is 1.23. The largest absolute Gasteiger partial charge is 0.333 e. The number of nitrogens with zero attached hydrogens (tertiary/aromatic N) is 3. The van der Waals surface area contributed by atoms with E-state index < -0.39 is 0 Å². The van der Waals surface area contributed by atoms with E-state index in [1.807, 2.05) is 30.3 Å². The van der Waals surface area contributed by atoms with Crippen LogP contribution in [0.3, 0.4) is 0 Å². The van der Waals surface area contributed by atoms with Gasteiger partial charge in [-0.15, -0.1) is 11.3 Å². The number of aromatic nitrogens is 1. The van der Waals surface area contributed by atoms with Gasteiger partial charge in [0.2, 0.25) is 5.91 Å². The summed E-state index contributed by atoms with van der Waals surface area (Å²) in [6, 6.07) is 9.44. The summed E-state index contributed by atoms with van der Waals surface area (Å²) in [5.41, 5.74) is 3.75. The van der Waals surface area contributed by atoms with Crippen LogP contribution in [0.1, 0.15) is 35.5 Å². The molecule has 0 unspecified atom stereocenters. The van der Waals surface area contributed by atoms with Crippen molar-refractivity contribution in [1.82, 2.24) is 15.2 Å². The first-order chi connectivity index (χ1) is 17.4. The Bertz CT molecular complexity index is 1410. The Hall–Kier alpha value is -3.98. The van der Waals surface area contributed by atoms with Crippen LogP contribution in [0.5, 0.6) is 0 Å². The van der Waals surface area contributed by atoms with Gasteiger partial charge in [0, 0.05) is 18.4 Å². The molecule has 9 heteroatoms. The average Bonchev–Trinajstić information content (AvgIpc) is 3.24. The maximum Gasteiger partial charge on any atom is 0.331 e. The first-order valence-electron chi connectivity index (χ1n) is 11.9. The molecule has 0 saturated heterocycles. The molecule has 184 valence electrons. The van der Waals surface area contributed by atoms with Crippen LogP contribution in [-0.2, 0) is 11.2 Å². The monoisotopic (exact) mass is 501 g/mol. The lowest BCUT2D eigenvalue weighted by Crippen LogP contribution is -2.39. The third-order valence-corrected chi connectivity index (χ3v) is 7.30. The standard InChI is InChI=1S/C27H27N5O3S/c1-4-21(33)31-13-5-6-18(15-31)29-25(34)24-23-22-20(11-12-28-26(22)36-24)32(27(35)30-23)19-9-7-17(8-10-19)14-16(2)3/h4,6-12,16H,1,5,13-15H2,2-3H3,(H,29,34)(H,30,35). The molecule has 0 bridgehead atoms. The summed E-state index contributed by atoms with van der Waals surface area (Å²) in [6.07, 6.45) is 6.45. The summed E-state index contributed by atoms with van der Waals surface area (Å²) in [4.78, 5) is 47.3. The Morgan fingerprint density at radius 3 is 2.75 bits per heavy atom. The van der Waals surface area contributed by atoms with Crippen LogP contribution in [0.2, 0.25) is 0 Å². The third-order valence-electron chi connectivity index (χ3n) is 6.20. The van der Waals surface area contributed by atoms with E-state index in [-0.39, 0.29) is 17.8 Å². The molecule has 8 nitrogen and oxygen atoms in total. The molecule has 5 rings (SSSR count). The van der Waals surface area contributed by atoms with E-state index in [9.17, 15) is 14.4 Å². The molecule has 4 amide bonds. The quantitative estimate of drug-likeness (QED) is 0.453. The van der Waals surface area contributed by atoms with E-state index in [0.29, 0.717) is 52.2 Å². The van der Waals surface area contributed by atoms with Crippen molar-refractivity contribution in [1.29, 1.82) is 0 Å². The second kappa shape index (κ2) is 9.58. The van der Waals surface area contributed by atoms with Gasteiger partial charge in [-0.05, 0) is 48.6 Å². The third kappa shape index (κ3) is 4.37. The van der Waals surface area contributed by atoms with Crippen molar-refractivity contribution in [2.45, 2.75) is 26.7 Å². The molecule has 0 atom stereocenters. The number of urea groups is 1. The maximum absolute atomic E-state index is 13.3. The molecular weight excluding hydrogens is 474 g/mol. The average molecular weight is 502 g/mol. The fourth-order valence-electron chi connectivity index (χ4n) is 4.61. The smallest absolute Gasteiger partial charge is 0.331 e. The van der Waals surface area contributed by atoms with E-state index in [4.69, 9.17) is 0 Å². The van der Waals surface area contributed by atoms with Gasteiger partial charge in [-0.1, -0.05) is 38.6 Å². The number of hydrogen-bond donors (Lipinski definition) is 2. The lowest BCUT2D eigenvalue weighted by atomic mass is 10.0. The van der Waals surface area contributed by atoms with E-state index in [2.05, 4.69) is 36.0 Å². The predicted octanol–water partition coefficient (Wildman–Crippen LogP) is 5.21. The SMILES string of the molecule is C=CC(=O)N1CCC=C(NC(=O)c2sc3nccc4c3c2NC(=O)N4c2ccc(CC(C)C)cc2)C1. The topological polar surface area (TPSA) is 94.6 Å². The van der Waals surface area contributed by atoms with Gasteiger partial charge in [-0.2, -0.15) is 0 Å². The molecule has 36 heavy (non-hydrogen) atoms. The van der Waals surface area contributed by atoms with E-state index >= 15 is 0 Å². The zero-order chi connectivity index (χ0) is 25.4. The Balaban J connectivity index is 1.45. The highest BCUT2D eigenvalue weighted by Gasteiger charge is 2.33. The highest BCUT2D eigenvalue weighted by Crippen LogP contribution is 2.45. The molecule has 1 aromatic carbocycles. The van der Waals surface area contributed by atoms with Gasteiger partial charge in [0.15, 0.2) is 0 Å². The van der Waals surface area contributed by atoms with Crippen molar-refractivity contribution in [3.8, 4) is 0 Å². The molecule has 0 aliphatic carbocycles. The van der Waals surface area contributed by atoms with Gasteiger partial charge < -0.3 is 15.5 Å². The van der Waals surface area contributed by atoms with Crippen LogP contribution in [-0.4, -0.2) is 40.8 Å². The van der Waals surface area contributed by atoms with E-state index in [1.165, 1.54) is 23.0 Å². The fraction of sp³-hybridized carbons (Fsp3) is 0.259. The summed E-state index contributed by atoms with van der Waals surface area (Å²) in [5.74, 6) is 0.0249. The Morgan fingerprint density at radius 1 is 1.25 bits per heavy atom. The molecule has 4 heterocycles. The van der Waals surface area contributed by atoms with Gasteiger partial charge in [0.05, 0.1) is 29.0 Å². The number of thiophene rings is 1. The lowest BCUT2D eigenvalue weighted by molar-refractivity contribution is -0.125. The lowest BCUT2D eigenvalue weighted by Gasteiger charge is -2.29. The number of pyridine rings is 1. The molecule has 0 saturated carbocycles. The number of rotatable bonds is 6. The van der Waals surface area contributed by atoms with Crippen molar-refractivity contribution in [3.63, 3.8) is 0 Å².